The van der Waals surface area contributed by atoms with Crippen molar-refractivity contribution in [3.05, 3.63) is 53.3 Å². The first kappa shape index (κ1) is 21.3. The van der Waals surface area contributed by atoms with Gasteiger partial charge in [-0.15, -0.1) is 11.3 Å². The third kappa shape index (κ3) is 4.70. The Balaban J connectivity index is 1.59. The standard InChI is InChI=1S/C22H21N5O4S/c1-12-4-5-14(6-18(12)29)26-21-16-7-19(30-3)20(8-17(16)23-11-24-21)31-9-15-10-32-22(27-15)25-13(2)28/h4-8,10-11,29H,9H2,1-3H3,(H,23,24,26)(H,25,27,28). The van der Waals surface area contributed by atoms with Crippen LogP contribution in [0.5, 0.6) is 17.2 Å². The van der Waals surface area contributed by atoms with E-state index in [0.29, 0.717) is 39.3 Å². The second-order valence-corrected chi connectivity index (χ2v) is 7.84. The number of benzene rings is 2. The minimum absolute atomic E-state index is 0.173. The number of hydrogen-bond acceptors (Lipinski definition) is 9. The summed E-state index contributed by atoms with van der Waals surface area (Å²) in [5.74, 6) is 1.62. The van der Waals surface area contributed by atoms with E-state index in [1.807, 2.05) is 24.4 Å². The predicted molar refractivity (Wildman–Crippen MR) is 123 cm³/mol. The predicted octanol–water partition coefficient (Wildman–Crippen LogP) is 4.39. The SMILES string of the molecule is COc1cc2c(Nc3ccc(C)c(O)c3)ncnc2cc1OCc1csc(NC(C)=O)n1. The first-order valence-electron chi connectivity index (χ1n) is 9.67. The fourth-order valence-corrected chi connectivity index (χ4v) is 3.73. The summed E-state index contributed by atoms with van der Waals surface area (Å²) in [7, 11) is 1.56. The Hall–Kier alpha value is -3.92. The summed E-state index contributed by atoms with van der Waals surface area (Å²) in [5, 5.41) is 18.9. The molecule has 4 rings (SSSR count). The number of carbonyl (C=O) groups is 1. The molecule has 2 aromatic carbocycles. The van der Waals surface area contributed by atoms with Crippen LogP contribution < -0.4 is 20.1 Å². The highest BCUT2D eigenvalue weighted by atomic mass is 32.1. The van der Waals surface area contributed by atoms with Gasteiger partial charge < -0.3 is 25.2 Å². The molecule has 32 heavy (non-hydrogen) atoms. The maximum Gasteiger partial charge on any atom is 0.223 e. The molecule has 0 aliphatic rings. The average molecular weight is 452 g/mol. The maximum absolute atomic E-state index is 11.2. The van der Waals surface area contributed by atoms with Crippen LogP contribution in [0.2, 0.25) is 0 Å². The van der Waals surface area contributed by atoms with Crippen molar-refractivity contribution in [1.29, 1.82) is 0 Å². The van der Waals surface area contributed by atoms with Gasteiger partial charge in [-0.25, -0.2) is 15.0 Å². The number of nitrogens with zero attached hydrogens (tertiary/aromatic N) is 3. The molecule has 0 bridgehead atoms. The van der Waals surface area contributed by atoms with E-state index in [0.717, 1.165) is 10.9 Å². The molecule has 2 heterocycles. The van der Waals surface area contributed by atoms with E-state index in [1.54, 1.807) is 25.3 Å². The van der Waals surface area contributed by atoms with Crippen molar-refractivity contribution in [2.45, 2.75) is 20.5 Å². The molecule has 0 aliphatic heterocycles. The van der Waals surface area contributed by atoms with Crippen molar-refractivity contribution in [1.82, 2.24) is 15.0 Å². The number of rotatable bonds is 7. The van der Waals surface area contributed by atoms with Crippen LogP contribution in [0, 0.1) is 6.92 Å². The zero-order valence-corrected chi connectivity index (χ0v) is 18.5. The third-order valence-corrected chi connectivity index (χ3v) is 5.41. The number of aromatic nitrogens is 3. The molecular formula is C22H21N5O4S. The number of thiazole rings is 1. The molecule has 10 heteroatoms. The summed E-state index contributed by atoms with van der Waals surface area (Å²) in [6.07, 6.45) is 1.45. The number of hydrogen-bond donors (Lipinski definition) is 3. The van der Waals surface area contributed by atoms with Gasteiger partial charge in [0.2, 0.25) is 5.91 Å². The van der Waals surface area contributed by atoms with Gasteiger partial charge in [-0.3, -0.25) is 4.79 Å². The van der Waals surface area contributed by atoms with Crippen molar-refractivity contribution in [3.8, 4) is 17.2 Å². The van der Waals surface area contributed by atoms with Crippen molar-refractivity contribution in [2.24, 2.45) is 0 Å². The van der Waals surface area contributed by atoms with Crippen LogP contribution in [-0.4, -0.2) is 33.1 Å². The Kier molecular flexibility index (Phi) is 6.04. The lowest BCUT2D eigenvalue weighted by Gasteiger charge is -2.13. The Bertz CT molecular complexity index is 1290. The van der Waals surface area contributed by atoms with Crippen LogP contribution in [0.3, 0.4) is 0 Å². The smallest absolute Gasteiger partial charge is 0.223 e. The van der Waals surface area contributed by atoms with E-state index in [2.05, 4.69) is 25.6 Å². The lowest BCUT2D eigenvalue weighted by molar-refractivity contribution is -0.114. The van der Waals surface area contributed by atoms with Gasteiger partial charge in [-0.05, 0) is 24.6 Å². The normalized spacial score (nSPS) is 10.7. The lowest BCUT2D eigenvalue weighted by Crippen LogP contribution is -2.05. The number of aryl methyl sites for hydroxylation is 1. The van der Waals surface area contributed by atoms with Gasteiger partial charge in [0.15, 0.2) is 16.6 Å². The summed E-state index contributed by atoms with van der Waals surface area (Å²) in [4.78, 5) is 24.2. The Labute approximate surface area is 188 Å². The van der Waals surface area contributed by atoms with Gasteiger partial charge >= 0.3 is 0 Å². The monoisotopic (exact) mass is 451 g/mol. The molecule has 0 spiro atoms. The van der Waals surface area contributed by atoms with Crippen LogP contribution in [-0.2, 0) is 11.4 Å². The quantitative estimate of drug-likeness (QED) is 0.379. The molecule has 0 fully saturated rings. The van der Waals surface area contributed by atoms with Crippen LogP contribution in [0.4, 0.5) is 16.6 Å². The number of phenolic OH excluding ortho intramolecular Hbond substituents is 1. The fraction of sp³-hybridized carbons (Fsp3) is 0.182. The van der Waals surface area contributed by atoms with E-state index in [4.69, 9.17) is 9.47 Å². The highest BCUT2D eigenvalue weighted by Crippen LogP contribution is 2.35. The second-order valence-electron chi connectivity index (χ2n) is 6.98. The zero-order chi connectivity index (χ0) is 22.7. The van der Waals surface area contributed by atoms with Gasteiger partial charge in [0.25, 0.3) is 0 Å². The molecule has 0 radical (unpaired) electrons. The number of carbonyl (C=O) groups excluding carboxylic acids is 1. The summed E-state index contributed by atoms with van der Waals surface area (Å²) in [6, 6.07) is 8.89. The van der Waals surface area contributed by atoms with Crippen LogP contribution in [0.1, 0.15) is 18.2 Å². The van der Waals surface area contributed by atoms with E-state index in [1.165, 1.54) is 24.6 Å². The zero-order valence-electron chi connectivity index (χ0n) is 17.7. The molecule has 2 aromatic heterocycles. The molecular weight excluding hydrogens is 430 g/mol. The molecule has 0 saturated heterocycles. The molecule has 0 saturated carbocycles. The van der Waals surface area contributed by atoms with Crippen LogP contribution >= 0.6 is 11.3 Å². The van der Waals surface area contributed by atoms with Crippen LogP contribution in [0.15, 0.2) is 42.0 Å². The first-order valence-corrected chi connectivity index (χ1v) is 10.5. The molecule has 0 atom stereocenters. The topological polar surface area (TPSA) is 118 Å². The summed E-state index contributed by atoms with van der Waals surface area (Å²) >= 11 is 1.33. The number of fused-ring (bicyclic) bond motifs is 1. The summed E-state index contributed by atoms with van der Waals surface area (Å²) < 4.78 is 11.4. The van der Waals surface area contributed by atoms with E-state index < -0.39 is 0 Å². The maximum atomic E-state index is 11.2. The minimum Gasteiger partial charge on any atom is -0.508 e. The van der Waals surface area contributed by atoms with Crippen molar-refractivity contribution < 1.29 is 19.4 Å². The van der Waals surface area contributed by atoms with E-state index >= 15 is 0 Å². The lowest BCUT2D eigenvalue weighted by atomic mass is 10.2. The highest BCUT2D eigenvalue weighted by molar-refractivity contribution is 7.13. The van der Waals surface area contributed by atoms with Gasteiger partial charge in [0.05, 0.1) is 18.3 Å². The largest absolute Gasteiger partial charge is 0.508 e. The Morgan fingerprint density at radius 1 is 1.19 bits per heavy atom. The van der Waals surface area contributed by atoms with Gasteiger partial charge in [-0.1, -0.05) is 6.07 Å². The number of ether oxygens (including phenoxy) is 2. The van der Waals surface area contributed by atoms with Crippen molar-refractivity contribution >= 4 is 44.8 Å². The minimum atomic E-state index is -0.173. The fourth-order valence-electron chi connectivity index (χ4n) is 2.99. The van der Waals surface area contributed by atoms with Crippen molar-refractivity contribution in [2.75, 3.05) is 17.7 Å². The van der Waals surface area contributed by atoms with E-state index in [9.17, 15) is 9.90 Å². The van der Waals surface area contributed by atoms with Gasteiger partial charge in [0.1, 0.15) is 24.5 Å². The van der Waals surface area contributed by atoms with Gasteiger partial charge in [0, 0.05) is 35.5 Å². The molecule has 1 amide bonds. The van der Waals surface area contributed by atoms with Crippen molar-refractivity contribution in [3.63, 3.8) is 0 Å². The average Bonchev–Trinajstić information content (AvgIpc) is 3.21. The number of nitrogens with one attached hydrogen (secondary N) is 2. The number of methoxy groups -OCH3 is 1. The molecule has 3 N–H and O–H groups in total. The number of amides is 1. The molecule has 4 aromatic rings. The third-order valence-electron chi connectivity index (χ3n) is 4.60. The first-order chi connectivity index (χ1) is 15.4. The van der Waals surface area contributed by atoms with Crippen LogP contribution in [0.25, 0.3) is 10.9 Å². The highest BCUT2D eigenvalue weighted by Gasteiger charge is 2.13. The number of aromatic hydroxyl groups is 1. The number of phenols is 1. The second kappa shape index (κ2) is 9.06. The summed E-state index contributed by atoms with van der Waals surface area (Å²) in [6.45, 7) is 3.47. The molecule has 0 aliphatic carbocycles. The number of anilines is 3. The molecule has 164 valence electrons. The van der Waals surface area contributed by atoms with E-state index in [-0.39, 0.29) is 18.3 Å². The Morgan fingerprint density at radius 2 is 2.03 bits per heavy atom. The van der Waals surface area contributed by atoms with Gasteiger partial charge in [-0.2, -0.15) is 0 Å². The Morgan fingerprint density at radius 3 is 2.78 bits per heavy atom. The molecule has 0 unspecified atom stereocenters. The molecule has 9 nitrogen and oxygen atoms in total. The summed E-state index contributed by atoms with van der Waals surface area (Å²) in [5.41, 5.74) is 2.83.